The number of para-hydroxylation sites is 1. The second-order valence-electron chi connectivity index (χ2n) is 7.40. The van der Waals surface area contributed by atoms with E-state index in [1.54, 1.807) is 20.2 Å². The Balaban J connectivity index is 1.56. The molecule has 4 aromatic rings. The van der Waals surface area contributed by atoms with Gasteiger partial charge in [-0.05, 0) is 70.4 Å². The monoisotopic (exact) mass is 624 g/mol. The van der Waals surface area contributed by atoms with Crippen LogP contribution in [0.3, 0.4) is 0 Å². The molecule has 0 aliphatic carbocycles. The standard InChI is InChI=1S/C25H22ClIN2O5S/c1-3-32-25(30)19(34-24-21-20(35-29-24)13-28-23(26)22(21)27)12-16-6-4-5-7-18(16)33-14-15-8-10-17(31-2)11-9-15/h4-11,13,19H,3,12,14H2,1-2H3/t19-/m1/s1. The molecule has 0 saturated carbocycles. The Morgan fingerprint density at radius 2 is 1.94 bits per heavy atom. The molecule has 0 fully saturated rings. The Morgan fingerprint density at radius 3 is 2.69 bits per heavy atom. The van der Waals surface area contributed by atoms with Gasteiger partial charge in [0, 0.05) is 12.6 Å². The summed E-state index contributed by atoms with van der Waals surface area (Å²) in [5.74, 6) is 1.29. The zero-order valence-corrected chi connectivity index (χ0v) is 22.7. The van der Waals surface area contributed by atoms with Crippen LogP contribution >= 0.6 is 45.7 Å². The van der Waals surface area contributed by atoms with Crippen LogP contribution in [0, 0.1) is 3.57 Å². The summed E-state index contributed by atoms with van der Waals surface area (Å²) in [5.41, 5.74) is 1.81. The average Bonchev–Trinajstić information content (AvgIpc) is 3.29. The summed E-state index contributed by atoms with van der Waals surface area (Å²) in [6.07, 6.45) is 0.964. The van der Waals surface area contributed by atoms with Gasteiger partial charge in [0.2, 0.25) is 12.0 Å². The first kappa shape index (κ1) is 25.5. The predicted molar refractivity (Wildman–Crippen MR) is 144 cm³/mol. The number of pyridine rings is 1. The number of rotatable bonds is 10. The molecule has 0 aliphatic rings. The van der Waals surface area contributed by atoms with Crippen molar-refractivity contribution in [2.24, 2.45) is 0 Å². The van der Waals surface area contributed by atoms with Crippen LogP contribution in [0.15, 0.2) is 54.7 Å². The van der Waals surface area contributed by atoms with Gasteiger partial charge in [-0.15, -0.1) is 0 Å². The molecule has 182 valence electrons. The quantitative estimate of drug-likeness (QED) is 0.120. The summed E-state index contributed by atoms with van der Waals surface area (Å²) in [5, 5.41) is 1.09. The Hall–Kier alpha value is -2.63. The lowest BCUT2D eigenvalue weighted by molar-refractivity contribution is -0.151. The normalized spacial score (nSPS) is 11.8. The molecule has 0 spiro atoms. The van der Waals surface area contributed by atoms with Crippen molar-refractivity contribution in [3.63, 3.8) is 0 Å². The van der Waals surface area contributed by atoms with Crippen LogP contribution in [0.4, 0.5) is 0 Å². The van der Waals surface area contributed by atoms with Crippen LogP contribution < -0.4 is 14.2 Å². The third-order valence-corrected chi connectivity index (χ3v) is 7.54. The van der Waals surface area contributed by atoms with Gasteiger partial charge in [-0.25, -0.2) is 9.78 Å². The molecule has 0 bridgehead atoms. The first-order valence-corrected chi connectivity index (χ1v) is 13.0. The van der Waals surface area contributed by atoms with Crippen molar-refractivity contribution < 1.29 is 23.7 Å². The van der Waals surface area contributed by atoms with E-state index in [0.717, 1.165) is 30.5 Å². The van der Waals surface area contributed by atoms with Gasteiger partial charge in [0.15, 0.2) is 0 Å². The van der Waals surface area contributed by atoms with Crippen molar-refractivity contribution in [3.05, 3.63) is 74.6 Å². The summed E-state index contributed by atoms with van der Waals surface area (Å²) in [7, 11) is 1.63. The third-order valence-electron chi connectivity index (χ3n) is 5.12. The molecular weight excluding hydrogens is 603 g/mol. The Kier molecular flexibility index (Phi) is 8.64. The minimum absolute atomic E-state index is 0.236. The van der Waals surface area contributed by atoms with Gasteiger partial charge >= 0.3 is 5.97 Å². The highest BCUT2D eigenvalue weighted by molar-refractivity contribution is 14.1. The molecule has 2 aromatic heterocycles. The lowest BCUT2D eigenvalue weighted by Gasteiger charge is -2.19. The molecule has 0 radical (unpaired) electrons. The van der Waals surface area contributed by atoms with Gasteiger partial charge in [0.25, 0.3) is 0 Å². The molecule has 2 heterocycles. The molecule has 1 atom stereocenters. The maximum absolute atomic E-state index is 12.8. The van der Waals surface area contributed by atoms with Gasteiger partial charge in [-0.3, -0.25) is 0 Å². The molecule has 7 nitrogen and oxygen atoms in total. The Morgan fingerprint density at radius 1 is 1.17 bits per heavy atom. The fourth-order valence-electron chi connectivity index (χ4n) is 3.37. The van der Waals surface area contributed by atoms with E-state index in [-0.39, 0.29) is 13.0 Å². The second-order valence-corrected chi connectivity index (χ2v) is 9.64. The molecule has 0 N–H and O–H groups in total. The van der Waals surface area contributed by atoms with E-state index < -0.39 is 12.1 Å². The highest BCUT2D eigenvalue weighted by atomic mass is 127. The van der Waals surface area contributed by atoms with Gasteiger partial charge in [0.05, 0.1) is 27.4 Å². The number of ether oxygens (including phenoxy) is 4. The van der Waals surface area contributed by atoms with Crippen LogP contribution in [0.1, 0.15) is 18.1 Å². The predicted octanol–water partition coefficient (Wildman–Crippen LogP) is 6.09. The van der Waals surface area contributed by atoms with E-state index in [9.17, 15) is 4.79 Å². The number of carbonyl (C=O) groups excluding carboxylic acids is 1. The Bertz CT molecular complexity index is 1320. The number of halogens is 2. The fourth-order valence-corrected chi connectivity index (χ4v) is 5.05. The third kappa shape index (κ3) is 6.14. The summed E-state index contributed by atoms with van der Waals surface area (Å²) in [6, 6.07) is 15.2. The van der Waals surface area contributed by atoms with Gasteiger partial charge in [0.1, 0.15) is 23.3 Å². The number of aromatic nitrogens is 2. The number of methoxy groups -OCH3 is 1. The van der Waals surface area contributed by atoms with Crippen molar-refractivity contribution in [1.82, 2.24) is 9.36 Å². The molecule has 0 amide bonds. The number of esters is 1. The summed E-state index contributed by atoms with van der Waals surface area (Å²) < 4.78 is 28.7. The van der Waals surface area contributed by atoms with E-state index in [1.807, 2.05) is 48.5 Å². The van der Waals surface area contributed by atoms with Crippen LogP contribution in [0.5, 0.6) is 17.4 Å². The molecule has 35 heavy (non-hydrogen) atoms. The molecule has 0 unspecified atom stereocenters. The number of benzene rings is 2. The van der Waals surface area contributed by atoms with Crippen molar-refractivity contribution in [2.45, 2.75) is 26.1 Å². The first-order valence-electron chi connectivity index (χ1n) is 10.8. The number of fused-ring (bicyclic) bond motifs is 1. The van der Waals surface area contributed by atoms with Crippen molar-refractivity contribution in [3.8, 4) is 17.4 Å². The lowest BCUT2D eigenvalue weighted by atomic mass is 10.1. The van der Waals surface area contributed by atoms with Crippen LogP contribution in [-0.4, -0.2) is 35.1 Å². The molecular formula is C25H22ClIN2O5S. The lowest BCUT2D eigenvalue weighted by Crippen LogP contribution is -2.32. The van der Waals surface area contributed by atoms with Crippen molar-refractivity contribution in [2.75, 3.05) is 13.7 Å². The van der Waals surface area contributed by atoms with E-state index in [2.05, 4.69) is 31.9 Å². The highest BCUT2D eigenvalue weighted by Crippen LogP contribution is 2.36. The van der Waals surface area contributed by atoms with E-state index >= 15 is 0 Å². The van der Waals surface area contributed by atoms with Gasteiger partial charge in [-0.2, -0.15) is 4.37 Å². The van der Waals surface area contributed by atoms with E-state index in [0.29, 0.717) is 23.4 Å². The fraction of sp³-hybridized carbons (Fsp3) is 0.240. The SMILES string of the molecule is CCOC(=O)[C@@H](Cc1ccccc1OCc1ccc(OC)cc1)Oc1nsc2cnc(Cl)c(I)c12. The molecule has 4 rings (SSSR count). The van der Waals surface area contributed by atoms with Crippen LogP contribution in [0.25, 0.3) is 10.1 Å². The maximum Gasteiger partial charge on any atom is 0.347 e. The summed E-state index contributed by atoms with van der Waals surface area (Å²) in [4.78, 5) is 17.0. The van der Waals surface area contributed by atoms with Gasteiger partial charge < -0.3 is 18.9 Å². The minimum atomic E-state index is -0.922. The van der Waals surface area contributed by atoms with Crippen molar-refractivity contribution >= 4 is 61.8 Å². The average molecular weight is 625 g/mol. The van der Waals surface area contributed by atoms with Gasteiger partial charge in [-0.1, -0.05) is 41.9 Å². The van der Waals surface area contributed by atoms with E-state index in [4.69, 9.17) is 30.5 Å². The summed E-state index contributed by atoms with van der Waals surface area (Å²) >= 11 is 9.54. The van der Waals surface area contributed by atoms with Crippen LogP contribution in [-0.2, 0) is 22.6 Å². The largest absolute Gasteiger partial charge is 0.497 e. The number of hydrogen-bond acceptors (Lipinski definition) is 8. The molecule has 2 aromatic carbocycles. The van der Waals surface area contributed by atoms with E-state index in [1.165, 1.54) is 11.5 Å². The highest BCUT2D eigenvalue weighted by Gasteiger charge is 2.27. The van der Waals surface area contributed by atoms with Crippen molar-refractivity contribution in [1.29, 1.82) is 0 Å². The Labute approximate surface area is 225 Å². The zero-order valence-electron chi connectivity index (χ0n) is 19.0. The number of carbonyl (C=O) groups is 1. The van der Waals surface area contributed by atoms with Crippen LogP contribution in [0.2, 0.25) is 5.15 Å². The first-order chi connectivity index (χ1) is 17.0. The molecule has 0 aliphatic heterocycles. The zero-order chi connectivity index (χ0) is 24.8. The summed E-state index contributed by atoms with van der Waals surface area (Å²) in [6.45, 7) is 2.36. The maximum atomic E-state index is 12.8. The molecule has 10 heteroatoms. The minimum Gasteiger partial charge on any atom is -0.497 e. The topological polar surface area (TPSA) is 79.8 Å². The molecule has 0 saturated heterocycles. The smallest absolute Gasteiger partial charge is 0.347 e. The number of nitrogens with zero attached hydrogens (tertiary/aromatic N) is 2. The second kappa shape index (κ2) is 11.9. The number of hydrogen-bond donors (Lipinski definition) is 0.